The maximum Gasteiger partial charge on any atom is 0.134 e. The summed E-state index contributed by atoms with van der Waals surface area (Å²) in [7, 11) is 7.80. The summed E-state index contributed by atoms with van der Waals surface area (Å²) in [5.41, 5.74) is 0.654. The molecule has 5 rings (SSSR count). The van der Waals surface area contributed by atoms with E-state index in [4.69, 9.17) is 9.47 Å². The lowest BCUT2D eigenvalue weighted by atomic mass is 9.72. The molecule has 2 N–H and O–H groups in total. The predicted octanol–water partition coefficient (Wildman–Crippen LogP) is 7.67. The molecule has 1 aliphatic rings. The number of likely N-dealkylation sites (N-methyl/N-ethyl adjacent to an activating group) is 1. The average molecular weight is 575 g/mol. The van der Waals surface area contributed by atoms with E-state index in [-0.39, 0.29) is 12.0 Å². The SMILES string of the molecule is CNCC[C@H](Oc1cccc2ccccc12)c1cccs1.COc1ccc(C(CN(C)C)C2(O)CCCCC2)cc1. The fraction of sp³-hybridized carbons (Fsp3) is 0.429. The zero-order chi connectivity index (χ0) is 29.1. The normalized spacial score (nSPS) is 16.0. The number of fused-ring (bicyclic) bond motifs is 1. The highest BCUT2D eigenvalue weighted by Gasteiger charge is 2.38. The van der Waals surface area contributed by atoms with Gasteiger partial charge in [-0.3, -0.25) is 0 Å². The highest BCUT2D eigenvalue weighted by atomic mass is 32.1. The second kappa shape index (κ2) is 15.4. The Hall–Kier alpha value is -2.90. The summed E-state index contributed by atoms with van der Waals surface area (Å²) in [5, 5.41) is 18.8. The van der Waals surface area contributed by atoms with E-state index in [0.29, 0.717) is 0 Å². The molecule has 0 aliphatic heterocycles. The van der Waals surface area contributed by atoms with Crippen LogP contribution in [-0.4, -0.2) is 56.9 Å². The van der Waals surface area contributed by atoms with E-state index >= 15 is 0 Å². The maximum absolute atomic E-state index is 11.1. The third kappa shape index (κ3) is 8.55. The molecule has 41 heavy (non-hydrogen) atoms. The van der Waals surface area contributed by atoms with Gasteiger partial charge in [-0.05, 0) is 81.1 Å². The van der Waals surface area contributed by atoms with Crippen LogP contribution in [0.2, 0.25) is 0 Å². The number of rotatable bonds is 11. The molecule has 0 saturated heterocycles. The summed E-state index contributed by atoms with van der Waals surface area (Å²) in [4.78, 5) is 3.44. The quantitative estimate of drug-likeness (QED) is 0.193. The molecule has 1 heterocycles. The number of thiophene rings is 1. The number of aliphatic hydroxyl groups is 1. The minimum atomic E-state index is -0.558. The number of benzene rings is 3. The van der Waals surface area contributed by atoms with Crippen LogP contribution in [0.1, 0.15) is 61.0 Å². The van der Waals surface area contributed by atoms with E-state index in [1.165, 1.54) is 27.6 Å². The van der Waals surface area contributed by atoms with Crippen LogP contribution in [0.15, 0.2) is 84.2 Å². The highest BCUT2D eigenvalue weighted by molar-refractivity contribution is 7.10. The fourth-order valence-electron chi connectivity index (χ4n) is 5.76. The van der Waals surface area contributed by atoms with E-state index in [1.54, 1.807) is 18.4 Å². The van der Waals surface area contributed by atoms with Gasteiger partial charge < -0.3 is 24.8 Å². The van der Waals surface area contributed by atoms with E-state index in [1.807, 2.05) is 19.2 Å². The molecule has 1 saturated carbocycles. The first-order valence-corrected chi connectivity index (χ1v) is 15.6. The van der Waals surface area contributed by atoms with E-state index in [2.05, 4.69) is 96.4 Å². The van der Waals surface area contributed by atoms with Crippen molar-refractivity contribution in [1.82, 2.24) is 10.2 Å². The van der Waals surface area contributed by atoms with Gasteiger partial charge in [0.05, 0.1) is 12.7 Å². The standard InChI is InChI=1S/C18H19NOS.C17H27NO2/c1-19-12-11-17(18-10-5-13-21-18)20-16-9-4-7-14-6-2-3-8-15(14)16;1-18(2)13-16(17(19)11-5-4-6-12-17)14-7-9-15(20-3)10-8-14/h2-10,13,17,19H,11-12H2,1H3;7-10,16,19H,4-6,11-13H2,1-3H3/t17-;/m0./s1. The van der Waals surface area contributed by atoms with E-state index in [9.17, 15) is 5.11 Å². The van der Waals surface area contributed by atoms with Crippen molar-refractivity contribution >= 4 is 22.1 Å². The average Bonchev–Trinajstić information content (AvgIpc) is 3.54. The zero-order valence-electron chi connectivity index (χ0n) is 25.0. The minimum absolute atomic E-state index is 0.100. The van der Waals surface area contributed by atoms with Gasteiger partial charge in [-0.1, -0.05) is 73.9 Å². The van der Waals surface area contributed by atoms with Gasteiger partial charge in [0.15, 0.2) is 0 Å². The Balaban J connectivity index is 0.000000189. The topological polar surface area (TPSA) is 54.0 Å². The van der Waals surface area contributed by atoms with Crippen molar-refractivity contribution in [2.24, 2.45) is 0 Å². The van der Waals surface area contributed by atoms with Crippen molar-refractivity contribution in [2.45, 2.75) is 56.1 Å². The third-order valence-corrected chi connectivity index (χ3v) is 8.93. The molecular weight excluding hydrogens is 528 g/mol. The summed E-state index contributed by atoms with van der Waals surface area (Å²) < 4.78 is 11.6. The van der Waals surface area contributed by atoms with Gasteiger partial charge in [0.1, 0.15) is 17.6 Å². The van der Waals surface area contributed by atoms with Crippen LogP contribution in [0.25, 0.3) is 10.8 Å². The van der Waals surface area contributed by atoms with Crippen molar-refractivity contribution in [3.8, 4) is 11.5 Å². The Morgan fingerprint density at radius 3 is 2.32 bits per heavy atom. The summed E-state index contributed by atoms with van der Waals surface area (Å²) in [5.74, 6) is 2.00. The summed E-state index contributed by atoms with van der Waals surface area (Å²) in [6.07, 6.45) is 6.41. The fourth-order valence-corrected chi connectivity index (χ4v) is 6.55. The Kier molecular flexibility index (Phi) is 11.6. The van der Waals surface area contributed by atoms with E-state index < -0.39 is 5.60 Å². The summed E-state index contributed by atoms with van der Waals surface area (Å²) in [6.45, 7) is 1.82. The Morgan fingerprint density at radius 2 is 1.66 bits per heavy atom. The molecule has 5 nitrogen and oxygen atoms in total. The monoisotopic (exact) mass is 574 g/mol. The molecule has 3 aromatic carbocycles. The molecule has 0 radical (unpaired) electrons. The van der Waals surface area contributed by atoms with Crippen LogP contribution >= 0.6 is 11.3 Å². The van der Waals surface area contributed by atoms with Gasteiger partial charge in [0.2, 0.25) is 0 Å². The zero-order valence-corrected chi connectivity index (χ0v) is 25.8. The van der Waals surface area contributed by atoms with Gasteiger partial charge in [-0.25, -0.2) is 0 Å². The second-order valence-electron chi connectivity index (χ2n) is 11.2. The molecule has 1 aliphatic carbocycles. The van der Waals surface area contributed by atoms with Crippen molar-refractivity contribution < 1.29 is 14.6 Å². The van der Waals surface area contributed by atoms with Crippen molar-refractivity contribution in [1.29, 1.82) is 0 Å². The lowest BCUT2D eigenvalue weighted by Gasteiger charge is -2.40. The van der Waals surface area contributed by atoms with Crippen molar-refractivity contribution in [2.75, 3.05) is 41.3 Å². The van der Waals surface area contributed by atoms with Gasteiger partial charge in [0, 0.05) is 29.1 Å². The van der Waals surface area contributed by atoms with Gasteiger partial charge in [-0.15, -0.1) is 11.3 Å². The molecule has 1 aromatic heterocycles. The first kappa shape index (κ1) is 31.0. The number of hydrogen-bond acceptors (Lipinski definition) is 6. The number of nitrogens with one attached hydrogen (secondary N) is 1. The molecule has 2 atom stereocenters. The van der Waals surface area contributed by atoms with Gasteiger partial charge >= 0.3 is 0 Å². The number of nitrogens with zero attached hydrogens (tertiary/aromatic N) is 1. The Bertz CT molecular complexity index is 1300. The molecule has 4 aromatic rings. The van der Waals surface area contributed by atoms with Crippen LogP contribution in [0.4, 0.5) is 0 Å². The van der Waals surface area contributed by atoms with Crippen molar-refractivity contribution in [3.05, 3.63) is 94.7 Å². The lowest BCUT2D eigenvalue weighted by Crippen LogP contribution is -2.42. The van der Waals surface area contributed by atoms with Crippen LogP contribution in [0.5, 0.6) is 11.5 Å². The number of hydrogen-bond donors (Lipinski definition) is 2. The van der Waals surface area contributed by atoms with Crippen LogP contribution in [0.3, 0.4) is 0 Å². The van der Waals surface area contributed by atoms with Gasteiger partial charge in [-0.2, -0.15) is 0 Å². The lowest BCUT2D eigenvalue weighted by molar-refractivity contribution is -0.0277. The predicted molar refractivity (Wildman–Crippen MR) is 173 cm³/mol. The molecule has 1 fully saturated rings. The number of ether oxygens (including phenoxy) is 2. The Morgan fingerprint density at radius 1 is 0.927 bits per heavy atom. The van der Waals surface area contributed by atoms with Crippen LogP contribution in [-0.2, 0) is 0 Å². The minimum Gasteiger partial charge on any atom is -0.497 e. The van der Waals surface area contributed by atoms with Crippen LogP contribution < -0.4 is 14.8 Å². The second-order valence-corrected chi connectivity index (χ2v) is 12.2. The molecule has 0 spiro atoms. The first-order valence-electron chi connectivity index (χ1n) is 14.8. The molecule has 220 valence electrons. The largest absolute Gasteiger partial charge is 0.497 e. The van der Waals surface area contributed by atoms with Gasteiger partial charge in [0.25, 0.3) is 0 Å². The van der Waals surface area contributed by atoms with Crippen molar-refractivity contribution in [3.63, 3.8) is 0 Å². The van der Waals surface area contributed by atoms with Crippen LogP contribution in [0, 0.1) is 0 Å². The molecule has 1 unspecified atom stereocenters. The summed E-state index contributed by atoms with van der Waals surface area (Å²) in [6, 6.07) is 27.0. The molecule has 0 bridgehead atoms. The summed E-state index contributed by atoms with van der Waals surface area (Å²) >= 11 is 1.75. The molecule has 6 heteroatoms. The smallest absolute Gasteiger partial charge is 0.134 e. The van der Waals surface area contributed by atoms with E-state index in [0.717, 1.165) is 56.7 Å². The highest BCUT2D eigenvalue weighted by Crippen LogP contribution is 2.40. The maximum atomic E-state index is 11.1. The Labute approximate surface area is 250 Å². The first-order chi connectivity index (χ1) is 19.9. The third-order valence-electron chi connectivity index (χ3n) is 7.97. The number of methoxy groups -OCH3 is 1. The molecular formula is C35H46N2O3S. The molecule has 0 amide bonds.